The number of hydrogen-bond acceptors (Lipinski definition) is 4. The molecule has 29 heavy (non-hydrogen) atoms. The van der Waals surface area contributed by atoms with Crippen molar-refractivity contribution in [3.05, 3.63) is 22.4 Å². The van der Waals surface area contributed by atoms with Crippen LogP contribution in [0.2, 0.25) is 0 Å². The van der Waals surface area contributed by atoms with E-state index < -0.39 is 6.09 Å². The van der Waals surface area contributed by atoms with Crippen molar-refractivity contribution in [3.8, 4) is 0 Å². The number of ether oxygens (including phenoxy) is 2. The molecule has 1 unspecified atom stereocenters. The van der Waals surface area contributed by atoms with Crippen LogP contribution in [0.15, 0.2) is 22.4 Å². The Labute approximate surface area is 179 Å². The SMILES string of the molecule is CC[C@@H]1CCCC[C@@H]1CCNC(=O)C1=C(Cl)C=C(NC(=O)OCCOC)CC1C. The van der Waals surface area contributed by atoms with E-state index in [-0.39, 0.29) is 18.4 Å². The number of carbonyl (C=O) groups is 2. The number of hydrogen-bond donors (Lipinski definition) is 2. The van der Waals surface area contributed by atoms with E-state index in [9.17, 15) is 9.59 Å². The highest BCUT2D eigenvalue weighted by Gasteiger charge is 2.27. The molecule has 3 atom stereocenters. The predicted octanol–water partition coefficient (Wildman–Crippen LogP) is 4.50. The molecule has 164 valence electrons. The maximum atomic E-state index is 12.7. The fourth-order valence-corrected chi connectivity index (χ4v) is 4.83. The van der Waals surface area contributed by atoms with E-state index in [0.29, 0.717) is 41.8 Å². The molecule has 0 spiro atoms. The third-order valence-corrected chi connectivity index (χ3v) is 6.31. The van der Waals surface area contributed by atoms with Crippen LogP contribution in [0.3, 0.4) is 0 Å². The van der Waals surface area contributed by atoms with Crippen LogP contribution in [0.4, 0.5) is 4.79 Å². The lowest BCUT2D eigenvalue weighted by molar-refractivity contribution is -0.118. The van der Waals surface area contributed by atoms with E-state index in [1.54, 1.807) is 13.2 Å². The van der Waals surface area contributed by atoms with E-state index in [4.69, 9.17) is 21.1 Å². The first-order chi connectivity index (χ1) is 14.0. The van der Waals surface area contributed by atoms with Gasteiger partial charge in [-0.3, -0.25) is 10.1 Å². The fourth-order valence-electron chi connectivity index (χ4n) is 4.43. The highest BCUT2D eigenvalue weighted by atomic mass is 35.5. The Balaban J connectivity index is 1.87. The molecule has 2 rings (SSSR count). The number of carbonyl (C=O) groups excluding carboxylic acids is 2. The maximum absolute atomic E-state index is 12.7. The second-order valence-corrected chi connectivity index (χ2v) is 8.45. The van der Waals surface area contributed by atoms with Crippen LogP contribution in [-0.2, 0) is 14.3 Å². The van der Waals surface area contributed by atoms with Gasteiger partial charge in [0.25, 0.3) is 0 Å². The molecule has 0 radical (unpaired) electrons. The Bertz CT molecular complexity index is 632. The van der Waals surface area contributed by atoms with Gasteiger partial charge in [0.05, 0.1) is 11.6 Å². The number of rotatable bonds is 9. The number of nitrogens with one attached hydrogen (secondary N) is 2. The summed E-state index contributed by atoms with van der Waals surface area (Å²) in [6.07, 6.45) is 9.10. The van der Waals surface area contributed by atoms with E-state index in [1.807, 2.05) is 6.92 Å². The van der Waals surface area contributed by atoms with Crippen LogP contribution < -0.4 is 10.6 Å². The molecular formula is C22H35ClN2O4. The first-order valence-electron chi connectivity index (χ1n) is 10.8. The average Bonchev–Trinajstić information content (AvgIpc) is 2.68. The average molecular weight is 427 g/mol. The molecular weight excluding hydrogens is 392 g/mol. The minimum absolute atomic E-state index is 0.0835. The lowest BCUT2D eigenvalue weighted by Crippen LogP contribution is -2.34. The number of alkyl carbamates (subject to hydrolysis) is 1. The molecule has 0 saturated heterocycles. The predicted molar refractivity (Wildman–Crippen MR) is 114 cm³/mol. The third-order valence-electron chi connectivity index (χ3n) is 6.00. The summed E-state index contributed by atoms with van der Waals surface area (Å²) < 4.78 is 9.85. The zero-order valence-electron chi connectivity index (χ0n) is 17.9. The van der Waals surface area contributed by atoms with Gasteiger partial charge in [0, 0.05) is 24.9 Å². The van der Waals surface area contributed by atoms with Gasteiger partial charge >= 0.3 is 6.09 Å². The van der Waals surface area contributed by atoms with Gasteiger partial charge in [-0.1, -0.05) is 57.6 Å². The molecule has 0 heterocycles. The normalized spacial score (nSPS) is 24.7. The zero-order valence-corrected chi connectivity index (χ0v) is 18.6. The Morgan fingerprint density at radius 1 is 1.21 bits per heavy atom. The monoisotopic (exact) mass is 426 g/mol. The van der Waals surface area contributed by atoms with Gasteiger partial charge in [-0.2, -0.15) is 0 Å². The van der Waals surface area contributed by atoms with E-state index in [1.165, 1.54) is 32.1 Å². The number of methoxy groups -OCH3 is 1. The molecule has 2 aliphatic rings. The summed E-state index contributed by atoms with van der Waals surface area (Å²) in [5.74, 6) is 1.31. The molecule has 2 N–H and O–H groups in total. The quantitative estimate of drug-likeness (QED) is 0.532. The summed E-state index contributed by atoms with van der Waals surface area (Å²) >= 11 is 6.38. The standard InChI is InChI=1S/C22H35ClN2O4/c1-4-16-7-5-6-8-17(16)9-10-24-21(26)20-15(2)13-18(14-19(20)23)25-22(27)29-12-11-28-3/h14-17H,4-13H2,1-3H3,(H,24,26)(H,25,27)/t15?,16-,17-/m1/s1. The zero-order chi connectivity index (χ0) is 21.2. The smallest absolute Gasteiger partial charge is 0.411 e. The summed E-state index contributed by atoms with van der Waals surface area (Å²) in [6.45, 7) is 5.41. The Morgan fingerprint density at radius 2 is 1.93 bits per heavy atom. The molecule has 0 bridgehead atoms. The number of allylic oxidation sites excluding steroid dienone is 3. The van der Waals surface area contributed by atoms with Crippen LogP contribution in [0.1, 0.15) is 58.8 Å². The van der Waals surface area contributed by atoms with Gasteiger partial charge in [0.15, 0.2) is 0 Å². The number of amides is 2. The van der Waals surface area contributed by atoms with Crippen molar-refractivity contribution in [2.24, 2.45) is 17.8 Å². The minimum atomic E-state index is -0.546. The first kappa shape index (κ1) is 23.7. The largest absolute Gasteiger partial charge is 0.447 e. The van der Waals surface area contributed by atoms with E-state index in [0.717, 1.165) is 12.3 Å². The molecule has 6 nitrogen and oxygen atoms in total. The molecule has 0 aromatic rings. The van der Waals surface area contributed by atoms with Crippen LogP contribution in [0.25, 0.3) is 0 Å². The molecule has 7 heteroatoms. The van der Waals surface area contributed by atoms with Crippen molar-refractivity contribution in [2.45, 2.75) is 58.8 Å². The molecule has 0 aromatic carbocycles. The maximum Gasteiger partial charge on any atom is 0.411 e. The summed E-state index contributed by atoms with van der Waals surface area (Å²) in [5, 5.41) is 6.12. The molecule has 1 fully saturated rings. The summed E-state index contributed by atoms with van der Waals surface area (Å²) in [7, 11) is 1.54. The second kappa shape index (κ2) is 12.2. The summed E-state index contributed by atoms with van der Waals surface area (Å²) in [4.78, 5) is 24.5. The van der Waals surface area contributed by atoms with Crippen LogP contribution >= 0.6 is 11.6 Å². The van der Waals surface area contributed by atoms with Gasteiger partial charge < -0.3 is 14.8 Å². The Kier molecular flexibility index (Phi) is 10.0. The Morgan fingerprint density at radius 3 is 2.59 bits per heavy atom. The summed E-state index contributed by atoms with van der Waals surface area (Å²) in [6, 6.07) is 0. The van der Waals surface area contributed by atoms with Crippen molar-refractivity contribution in [1.82, 2.24) is 10.6 Å². The van der Waals surface area contributed by atoms with Gasteiger partial charge in [-0.15, -0.1) is 0 Å². The van der Waals surface area contributed by atoms with Gasteiger partial charge in [0.1, 0.15) is 6.61 Å². The lowest BCUT2D eigenvalue weighted by Gasteiger charge is -2.31. The number of halogens is 1. The van der Waals surface area contributed by atoms with Crippen molar-refractivity contribution >= 4 is 23.6 Å². The van der Waals surface area contributed by atoms with Gasteiger partial charge in [0.2, 0.25) is 5.91 Å². The van der Waals surface area contributed by atoms with Crippen molar-refractivity contribution in [1.29, 1.82) is 0 Å². The van der Waals surface area contributed by atoms with Crippen LogP contribution in [-0.4, -0.2) is 38.9 Å². The molecule has 1 saturated carbocycles. The lowest BCUT2D eigenvalue weighted by atomic mass is 9.76. The van der Waals surface area contributed by atoms with E-state index >= 15 is 0 Å². The molecule has 2 amide bonds. The van der Waals surface area contributed by atoms with Crippen LogP contribution in [0, 0.1) is 17.8 Å². The molecule has 0 aromatic heterocycles. The van der Waals surface area contributed by atoms with Crippen molar-refractivity contribution in [2.75, 3.05) is 26.9 Å². The fraction of sp³-hybridized carbons (Fsp3) is 0.727. The molecule has 2 aliphatic carbocycles. The summed E-state index contributed by atoms with van der Waals surface area (Å²) in [5.41, 5.74) is 1.23. The third kappa shape index (κ3) is 7.34. The van der Waals surface area contributed by atoms with Crippen LogP contribution in [0.5, 0.6) is 0 Å². The van der Waals surface area contributed by atoms with Gasteiger partial charge in [-0.25, -0.2) is 4.79 Å². The highest BCUT2D eigenvalue weighted by Crippen LogP contribution is 2.34. The Hall–Kier alpha value is -1.53. The van der Waals surface area contributed by atoms with Gasteiger partial charge in [-0.05, 0) is 36.7 Å². The topological polar surface area (TPSA) is 76.7 Å². The van der Waals surface area contributed by atoms with E-state index in [2.05, 4.69) is 17.6 Å². The second-order valence-electron chi connectivity index (χ2n) is 8.05. The van der Waals surface area contributed by atoms with Crippen molar-refractivity contribution < 1.29 is 19.1 Å². The van der Waals surface area contributed by atoms with Crippen molar-refractivity contribution in [3.63, 3.8) is 0 Å². The first-order valence-corrected chi connectivity index (χ1v) is 11.1. The minimum Gasteiger partial charge on any atom is -0.447 e. The highest BCUT2D eigenvalue weighted by molar-refractivity contribution is 6.33. The molecule has 0 aliphatic heterocycles.